The Morgan fingerprint density at radius 1 is 0.875 bits per heavy atom. The van der Waals surface area contributed by atoms with E-state index >= 15 is 0 Å². The van der Waals surface area contributed by atoms with Gasteiger partial charge in [0.05, 0.1) is 32.8 Å². The molecule has 206 valence electrons. The van der Waals surface area contributed by atoms with Gasteiger partial charge in [0.2, 0.25) is 10.0 Å². The lowest BCUT2D eigenvalue weighted by Gasteiger charge is -2.51. The average Bonchev–Trinajstić information content (AvgIpc) is 3.49. The Kier molecular flexibility index (Phi) is 5.89. The first-order valence-corrected chi connectivity index (χ1v) is 14.9. The van der Waals surface area contributed by atoms with Crippen LogP contribution in [0.25, 0.3) is 11.3 Å². The van der Waals surface area contributed by atoms with Crippen LogP contribution in [-0.4, -0.2) is 41.4 Å². The van der Waals surface area contributed by atoms with Gasteiger partial charge >= 0.3 is 0 Å². The lowest BCUT2D eigenvalue weighted by Crippen LogP contribution is -2.56. The average molecular weight is 558 g/mol. The van der Waals surface area contributed by atoms with E-state index in [-0.39, 0.29) is 5.92 Å². The van der Waals surface area contributed by atoms with Gasteiger partial charge in [0.1, 0.15) is 22.7 Å². The second-order valence-corrected chi connectivity index (χ2v) is 12.8. The van der Waals surface area contributed by atoms with Gasteiger partial charge in [-0.1, -0.05) is 44.2 Å². The van der Waals surface area contributed by atoms with E-state index < -0.39 is 26.8 Å². The first-order chi connectivity index (χ1) is 19.1. The van der Waals surface area contributed by atoms with Gasteiger partial charge in [-0.3, -0.25) is 4.79 Å². The zero-order valence-electron chi connectivity index (χ0n) is 23.1. The molecule has 0 saturated heterocycles. The maximum absolute atomic E-state index is 14.7. The molecule has 2 aliphatic heterocycles. The number of methoxy groups -OCH3 is 2. The van der Waals surface area contributed by atoms with Gasteiger partial charge in [-0.2, -0.15) is 0 Å². The van der Waals surface area contributed by atoms with Crippen LogP contribution in [0.5, 0.6) is 11.5 Å². The third-order valence-electron chi connectivity index (χ3n) is 8.69. The predicted octanol–water partition coefficient (Wildman–Crippen LogP) is 5.43. The van der Waals surface area contributed by atoms with Crippen molar-refractivity contribution in [3.63, 3.8) is 0 Å². The SMILES string of the molecule is COc1ccc(C2=CC3=C(c4ccc(OC)cc4)OC[C@@H]3C(C)(C)[C@]23C(=O)N(S(C)(=O)=O)c2ccccc23)cc1. The van der Waals surface area contributed by atoms with Gasteiger partial charge in [0.25, 0.3) is 5.91 Å². The van der Waals surface area contributed by atoms with Gasteiger partial charge in [-0.05, 0) is 70.7 Å². The van der Waals surface area contributed by atoms with E-state index in [4.69, 9.17) is 14.2 Å². The summed E-state index contributed by atoms with van der Waals surface area (Å²) in [6.45, 7) is 4.47. The summed E-state index contributed by atoms with van der Waals surface area (Å²) in [5, 5.41) is 0. The molecule has 0 fully saturated rings. The third-order valence-corrected chi connectivity index (χ3v) is 9.72. The fourth-order valence-electron chi connectivity index (χ4n) is 6.75. The van der Waals surface area contributed by atoms with Crippen molar-refractivity contribution in [2.45, 2.75) is 19.3 Å². The third kappa shape index (κ3) is 3.48. The maximum atomic E-state index is 14.7. The minimum absolute atomic E-state index is 0.178. The number of benzene rings is 3. The standard InChI is InChI=1S/C32H31NO6S/c1-31(2)27-19-39-29(21-12-16-23(38-4)17-13-21)24(27)18-26(20-10-14-22(37-3)15-11-20)32(31)25-8-6-7-9-28(25)33(30(32)34)40(5,35)36/h6-18,27H,19H2,1-5H3/t27-,32-/m0/s1. The van der Waals surface area contributed by atoms with Crippen molar-refractivity contribution in [3.8, 4) is 11.5 Å². The molecular weight excluding hydrogens is 526 g/mol. The van der Waals surface area contributed by atoms with Crippen molar-refractivity contribution in [2.75, 3.05) is 31.4 Å². The van der Waals surface area contributed by atoms with E-state index in [2.05, 4.69) is 13.8 Å². The zero-order chi connectivity index (χ0) is 28.4. The number of anilines is 1. The Morgan fingerprint density at radius 3 is 2.02 bits per heavy atom. The summed E-state index contributed by atoms with van der Waals surface area (Å²) in [6, 6.07) is 22.5. The number of fused-ring (bicyclic) bond motifs is 3. The molecule has 40 heavy (non-hydrogen) atoms. The summed E-state index contributed by atoms with van der Waals surface area (Å²) in [6.07, 6.45) is 3.13. The first kappa shape index (κ1) is 26.2. The van der Waals surface area contributed by atoms with Crippen LogP contribution >= 0.6 is 0 Å². The number of carbonyl (C=O) groups is 1. The van der Waals surface area contributed by atoms with Crippen molar-refractivity contribution in [1.82, 2.24) is 0 Å². The Hall–Kier alpha value is -4.04. The molecule has 0 unspecified atom stereocenters. The fraction of sp³-hybridized carbons (Fsp3) is 0.281. The highest BCUT2D eigenvalue weighted by atomic mass is 32.2. The molecule has 8 heteroatoms. The highest BCUT2D eigenvalue weighted by Gasteiger charge is 2.68. The molecule has 0 radical (unpaired) electrons. The first-order valence-electron chi connectivity index (χ1n) is 13.1. The summed E-state index contributed by atoms with van der Waals surface area (Å²) in [4.78, 5) is 14.7. The van der Waals surface area contributed by atoms with Crippen LogP contribution in [0, 0.1) is 11.3 Å². The van der Waals surface area contributed by atoms with Crippen LogP contribution in [-0.2, 0) is 25.0 Å². The van der Waals surface area contributed by atoms with Gasteiger partial charge in [0, 0.05) is 17.1 Å². The molecule has 1 spiro atoms. The molecule has 7 nitrogen and oxygen atoms in total. The number of amides is 1. The molecule has 2 atom stereocenters. The molecule has 2 heterocycles. The quantitative estimate of drug-likeness (QED) is 0.416. The van der Waals surface area contributed by atoms with Gasteiger partial charge in [-0.15, -0.1) is 0 Å². The number of allylic oxidation sites excluding steroid dienone is 1. The Balaban J connectivity index is 1.69. The normalized spacial score (nSPS) is 23.0. The molecule has 0 saturated carbocycles. The monoisotopic (exact) mass is 557 g/mol. The van der Waals surface area contributed by atoms with Crippen LogP contribution < -0.4 is 13.8 Å². The molecule has 1 aliphatic carbocycles. The van der Waals surface area contributed by atoms with Gasteiger partial charge in [-0.25, -0.2) is 12.7 Å². The minimum Gasteiger partial charge on any atom is -0.497 e. The number of hydrogen-bond acceptors (Lipinski definition) is 6. The molecule has 3 aliphatic rings. The van der Waals surface area contributed by atoms with E-state index in [1.54, 1.807) is 26.4 Å². The van der Waals surface area contributed by atoms with E-state index in [1.165, 1.54) is 0 Å². The lowest BCUT2D eigenvalue weighted by molar-refractivity contribution is -0.124. The molecule has 1 amide bonds. The molecule has 0 aromatic heterocycles. The summed E-state index contributed by atoms with van der Waals surface area (Å²) in [7, 11) is -0.677. The Bertz CT molecular complexity index is 1690. The number of ether oxygens (including phenoxy) is 3. The van der Waals surface area contributed by atoms with Crippen LogP contribution in [0.15, 0.2) is 84.4 Å². The Labute approximate surface area is 234 Å². The molecule has 3 aromatic carbocycles. The fourth-order valence-corrected chi connectivity index (χ4v) is 7.71. The summed E-state index contributed by atoms with van der Waals surface area (Å²) in [5.41, 5.74) is 2.44. The number of sulfonamides is 1. The van der Waals surface area contributed by atoms with E-state index in [0.29, 0.717) is 23.6 Å². The second kappa shape index (κ2) is 8.99. The highest BCUT2D eigenvalue weighted by molar-refractivity contribution is 7.92. The van der Waals surface area contributed by atoms with Gasteiger partial charge in [0.15, 0.2) is 0 Å². The molecular formula is C32H31NO6S. The van der Waals surface area contributed by atoms with E-state index in [0.717, 1.165) is 44.3 Å². The second-order valence-electron chi connectivity index (χ2n) is 11.0. The van der Waals surface area contributed by atoms with Crippen molar-refractivity contribution in [3.05, 3.63) is 101 Å². The molecule has 6 rings (SSSR count). The van der Waals surface area contributed by atoms with Crippen molar-refractivity contribution < 1.29 is 27.4 Å². The number of nitrogens with zero attached hydrogens (tertiary/aromatic N) is 1. The zero-order valence-corrected chi connectivity index (χ0v) is 23.9. The molecule has 0 N–H and O–H groups in total. The van der Waals surface area contributed by atoms with Crippen LogP contribution in [0.1, 0.15) is 30.5 Å². The van der Waals surface area contributed by atoms with Crippen LogP contribution in [0.4, 0.5) is 5.69 Å². The molecule has 0 bridgehead atoms. The van der Waals surface area contributed by atoms with Crippen molar-refractivity contribution >= 4 is 33.0 Å². The van der Waals surface area contributed by atoms with Crippen LogP contribution in [0.2, 0.25) is 0 Å². The smallest absolute Gasteiger partial charge is 0.256 e. The van der Waals surface area contributed by atoms with E-state index in [9.17, 15) is 13.2 Å². The van der Waals surface area contributed by atoms with Crippen molar-refractivity contribution in [1.29, 1.82) is 0 Å². The largest absolute Gasteiger partial charge is 0.497 e. The predicted molar refractivity (Wildman–Crippen MR) is 155 cm³/mol. The topological polar surface area (TPSA) is 82.1 Å². The number of carbonyl (C=O) groups excluding carboxylic acids is 1. The lowest BCUT2D eigenvalue weighted by atomic mass is 9.49. The highest BCUT2D eigenvalue weighted by Crippen LogP contribution is 2.66. The maximum Gasteiger partial charge on any atom is 0.256 e. The molecule has 3 aromatic rings. The number of rotatable bonds is 5. The van der Waals surface area contributed by atoms with E-state index in [1.807, 2.05) is 66.7 Å². The minimum atomic E-state index is -3.91. The Morgan fingerprint density at radius 2 is 1.45 bits per heavy atom. The number of hydrogen-bond donors (Lipinski definition) is 0. The summed E-state index contributed by atoms with van der Waals surface area (Å²) >= 11 is 0. The van der Waals surface area contributed by atoms with Crippen LogP contribution in [0.3, 0.4) is 0 Å². The summed E-state index contributed by atoms with van der Waals surface area (Å²) in [5.74, 6) is 1.53. The number of para-hydroxylation sites is 1. The summed E-state index contributed by atoms with van der Waals surface area (Å²) < 4.78 is 44.3. The van der Waals surface area contributed by atoms with Gasteiger partial charge < -0.3 is 14.2 Å². The van der Waals surface area contributed by atoms with Crippen molar-refractivity contribution in [2.24, 2.45) is 11.3 Å².